The van der Waals surface area contributed by atoms with Crippen LogP contribution < -0.4 is 32.3 Å². The molecule has 1 aliphatic carbocycles. The molecule has 0 radical (unpaired) electrons. The molecule has 6 N–H and O–H groups in total. The number of hydrazine groups is 2. The van der Waals surface area contributed by atoms with Gasteiger partial charge >= 0.3 is 12.1 Å². The van der Waals surface area contributed by atoms with Gasteiger partial charge in [-0.3, -0.25) is 20.4 Å². The van der Waals surface area contributed by atoms with E-state index in [9.17, 15) is 19.2 Å². The van der Waals surface area contributed by atoms with Gasteiger partial charge in [0.25, 0.3) is 0 Å². The lowest BCUT2D eigenvalue weighted by atomic mass is 9.62. The molecule has 292 valence electrons. The summed E-state index contributed by atoms with van der Waals surface area (Å²) in [6, 6.07) is -0.971. The molecule has 1 fully saturated rings. The Morgan fingerprint density at radius 2 is 0.880 bits per heavy atom. The number of carbonyl (C=O) groups is 4. The van der Waals surface area contributed by atoms with E-state index in [1.54, 1.807) is 0 Å². The van der Waals surface area contributed by atoms with Crippen LogP contribution >= 0.6 is 0 Å². The molecule has 50 heavy (non-hydrogen) atoms. The highest BCUT2D eigenvalue weighted by Crippen LogP contribution is 2.45. The van der Waals surface area contributed by atoms with Crippen molar-refractivity contribution in [3.05, 3.63) is 0 Å². The summed E-state index contributed by atoms with van der Waals surface area (Å²) in [5.41, 5.74) is 9.77. The maximum atomic E-state index is 12.6. The molecule has 2 unspecified atom stereocenters. The van der Waals surface area contributed by atoms with E-state index in [1.165, 1.54) is 103 Å². The van der Waals surface area contributed by atoms with Crippen molar-refractivity contribution in [3.8, 4) is 0 Å². The van der Waals surface area contributed by atoms with Crippen LogP contribution in [0, 0.1) is 10.8 Å². The quantitative estimate of drug-likeness (QED) is 0.0374. The fourth-order valence-corrected chi connectivity index (χ4v) is 7.71. The lowest BCUT2D eigenvalue weighted by Gasteiger charge is -2.46. The Balaban J connectivity index is 2.20. The Kier molecular flexibility index (Phi) is 25.6. The summed E-state index contributed by atoms with van der Waals surface area (Å²) in [6.45, 7) is 11.3. The second-order valence-corrected chi connectivity index (χ2v) is 16.3. The number of hydrogen-bond donors (Lipinski definition) is 6. The molecule has 6 amide bonds. The van der Waals surface area contributed by atoms with Gasteiger partial charge in [0.1, 0.15) is 0 Å². The third kappa shape index (κ3) is 25.4. The first-order valence-electron chi connectivity index (χ1n) is 20.7. The molecule has 0 aromatic carbocycles. The molecule has 0 aliphatic heterocycles. The van der Waals surface area contributed by atoms with Gasteiger partial charge in [-0.05, 0) is 42.9 Å². The maximum absolute atomic E-state index is 12.6. The van der Waals surface area contributed by atoms with Gasteiger partial charge in [-0.1, -0.05) is 163 Å². The molecule has 0 aromatic heterocycles. The molecule has 10 nitrogen and oxygen atoms in total. The van der Waals surface area contributed by atoms with E-state index in [4.69, 9.17) is 0 Å². The average Bonchev–Trinajstić information content (AvgIpc) is 3.06. The molecule has 0 spiro atoms. The van der Waals surface area contributed by atoms with Gasteiger partial charge in [0.15, 0.2) is 0 Å². The third-order valence-electron chi connectivity index (χ3n) is 10.1. The first-order chi connectivity index (χ1) is 24.0. The van der Waals surface area contributed by atoms with Gasteiger partial charge in [-0.2, -0.15) is 0 Å². The summed E-state index contributed by atoms with van der Waals surface area (Å²) in [7, 11) is 0. The Bertz CT molecular complexity index is 930. The molecule has 1 aliphatic rings. The zero-order valence-electron chi connectivity index (χ0n) is 33.0. The Hall–Kier alpha value is -2.52. The van der Waals surface area contributed by atoms with Crippen LogP contribution in [0.5, 0.6) is 0 Å². The predicted octanol–water partition coefficient (Wildman–Crippen LogP) is 9.63. The molecule has 10 heteroatoms. The lowest BCUT2D eigenvalue weighted by molar-refractivity contribution is -0.122. The van der Waals surface area contributed by atoms with Gasteiger partial charge in [-0.25, -0.2) is 20.4 Å². The van der Waals surface area contributed by atoms with E-state index < -0.39 is 12.1 Å². The van der Waals surface area contributed by atoms with Crippen LogP contribution in [0.1, 0.15) is 208 Å². The van der Waals surface area contributed by atoms with Crippen LogP contribution in [0.2, 0.25) is 0 Å². The van der Waals surface area contributed by atoms with Crippen LogP contribution in [0.25, 0.3) is 0 Å². The van der Waals surface area contributed by atoms with Gasteiger partial charge in [0.2, 0.25) is 11.8 Å². The SMILES string of the molecule is CCCCCCCCCCCCCC(=O)NNC(=O)NCC1(C)CC(NC(=O)NNC(=O)CCCCCCCCCCCCC)CC(C)(C)C1. The standard InChI is InChI=1S/C40H78N6O4/c1-6-8-10-12-14-16-18-20-22-24-26-28-35(47)43-45-37(49)41-33-40(5)31-34(30-39(3,4)32-40)42-38(50)46-44-36(48)29-27-25-23-21-19-17-15-13-11-9-7-2/h34H,6-33H2,1-5H3,(H,43,47)(H,44,48)(H2,41,45,49)(H2,42,46,50). The number of rotatable bonds is 27. The highest BCUT2D eigenvalue weighted by Gasteiger charge is 2.42. The number of urea groups is 2. The van der Waals surface area contributed by atoms with Crippen LogP contribution in [0.3, 0.4) is 0 Å². The van der Waals surface area contributed by atoms with Crippen LogP contribution in [0.4, 0.5) is 9.59 Å². The number of nitrogens with one attached hydrogen (secondary N) is 6. The van der Waals surface area contributed by atoms with E-state index in [0.29, 0.717) is 25.8 Å². The van der Waals surface area contributed by atoms with Gasteiger partial charge < -0.3 is 10.6 Å². The number of carbonyl (C=O) groups excluding carboxylic acids is 4. The van der Waals surface area contributed by atoms with Crippen molar-refractivity contribution in [3.63, 3.8) is 0 Å². The smallest absolute Gasteiger partial charge is 0.333 e. The third-order valence-corrected chi connectivity index (χ3v) is 10.1. The van der Waals surface area contributed by atoms with Gasteiger partial charge in [0.05, 0.1) is 0 Å². The summed E-state index contributed by atoms with van der Waals surface area (Å²) in [5.74, 6) is -0.353. The Morgan fingerprint density at radius 1 is 0.500 bits per heavy atom. The van der Waals surface area contributed by atoms with Crippen LogP contribution in [-0.2, 0) is 9.59 Å². The van der Waals surface area contributed by atoms with Crippen molar-refractivity contribution in [2.24, 2.45) is 10.8 Å². The fraction of sp³-hybridized carbons (Fsp3) is 0.900. The molecule has 0 aromatic rings. The summed E-state index contributed by atoms with van der Waals surface area (Å²) in [6.07, 6.45) is 30.1. The summed E-state index contributed by atoms with van der Waals surface area (Å²) >= 11 is 0. The average molecular weight is 707 g/mol. The van der Waals surface area contributed by atoms with Crippen molar-refractivity contribution in [1.82, 2.24) is 32.3 Å². The highest BCUT2D eigenvalue weighted by atomic mass is 16.2. The first kappa shape index (κ1) is 45.5. The molecule has 0 saturated heterocycles. The summed E-state index contributed by atoms with van der Waals surface area (Å²) in [5, 5.41) is 5.93. The van der Waals surface area contributed by atoms with Crippen molar-refractivity contribution in [1.29, 1.82) is 0 Å². The summed E-state index contributed by atoms with van der Waals surface area (Å²) in [4.78, 5) is 49.6. The lowest BCUT2D eigenvalue weighted by Crippen LogP contribution is -2.55. The van der Waals surface area contributed by atoms with Crippen LogP contribution in [0.15, 0.2) is 0 Å². The van der Waals surface area contributed by atoms with E-state index in [-0.39, 0.29) is 28.7 Å². The van der Waals surface area contributed by atoms with E-state index in [0.717, 1.165) is 51.4 Å². The molecule has 2 atom stereocenters. The second-order valence-electron chi connectivity index (χ2n) is 16.3. The Morgan fingerprint density at radius 3 is 1.30 bits per heavy atom. The molecule has 1 saturated carbocycles. The maximum Gasteiger partial charge on any atom is 0.333 e. The minimum atomic E-state index is -0.440. The van der Waals surface area contributed by atoms with Crippen molar-refractivity contribution >= 4 is 23.9 Å². The van der Waals surface area contributed by atoms with E-state index >= 15 is 0 Å². The van der Waals surface area contributed by atoms with Gasteiger partial charge in [-0.15, -0.1) is 0 Å². The molecule has 0 heterocycles. The summed E-state index contributed by atoms with van der Waals surface area (Å²) < 4.78 is 0. The molecule has 1 rings (SSSR count). The molecular weight excluding hydrogens is 628 g/mol. The normalized spacial score (nSPS) is 18.2. The zero-order chi connectivity index (χ0) is 36.9. The number of hydrogen-bond acceptors (Lipinski definition) is 4. The van der Waals surface area contributed by atoms with Crippen molar-refractivity contribution in [2.45, 2.75) is 214 Å². The second kappa shape index (κ2) is 28.1. The van der Waals surface area contributed by atoms with E-state index in [1.807, 2.05) is 0 Å². The highest BCUT2D eigenvalue weighted by molar-refractivity contribution is 5.81. The molecule has 0 bridgehead atoms. The molecular formula is C40H78N6O4. The Labute approximate surface area is 306 Å². The van der Waals surface area contributed by atoms with E-state index in [2.05, 4.69) is 67.0 Å². The topological polar surface area (TPSA) is 140 Å². The first-order valence-corrected chi connectivity index (χ1v) is 20.7. The van der Waals surface area contributed by atoms with Crippen LogP contribution in [-0.4, -0.2) is 36.5 Å². The minimum Gasteiger partial charge on any atom is -0.336 e. The van der Waals surface area contributed by atoms with Crippen molar-refractivity contribution in [2.75, 3.05) is 6.54 Å². The monoisotopic (exact) mass is 707 g/mol. The fourth-order valence-electron chi connectivity index (χ4n) is 7.71. The number of amides is 6. The van der Waals surface area contributed by atoms with Gasteiger partial charge in [0, 0.05) is 25.4 Å². The predicted molar refractivity (Wildman–Crippen MR) is 206 cm³/mol. The minimum absolute atomic E-state index is 0.0513. The largest absolute Gasteiger partial charge is 0.336 e. The van der Waals surface area contributed by atoms with Crippen molar-refractivity contribution < 1.29 is 19.2 Å². The zero-order valence-corrected chi connectivity index (χ0v) is 33.0. The number of unbranched alkanes of at least 4 members (excludes halogenated alkanes) is 20.